The monoisotopic (exact) mass is 301 g/mol. The molecule has 1 fully saturated rings. The number of nitrogens with one attached hydrogen (secondary N) is 1. The molecule has 2 rings (SSSR count). The van der Waals surface area contributed by atoms with Crippen LogP contribution in [-0.4, -0.2) is 37.0 Å². The van der Waals surface area contributed by atoms with Crippen LogP contribution in [0.2, 0.25) is 0 Å². The van der Waals surface area contributed by atoms with Gasteiger partial charge in [-0.2, -0.15) is 5.26 Å². The Hall–Kier alpha value is -2.06. The molecule has 0 aromatic heterocycles. The van der Waals surface area contributed by atoms with Crippen molar-refractivity contribution in [1.82, 2.24) is 10.2 Å². The van der Waals surface area contributed by atoms with E-state index in [1.165, 1.54) is 0 Å². The molecule has 0 unspecified atom stereocenters. The van der Waals surface area contributed by atoms with E-state index < -0.39 is 5.54 Å². The van der Waals surface area contributed by atoms with Gasteiger partial charge in [0.25, 0.3) is 0 Å². The van der Waals surface area contributed by atoms with Gasteiger partial charge in [-0.05, 0) is 50.4 Å². The van der Waals surface area contributed by atoms with Crippen LogP contribution < -0.4 is 10.1 Å². The van der Waals surface area contributed by atoms with Crippen LogP contribution in [0.15, 0.2) is 24.3 Å². The van der Waals surface area contributed by atoms with Crippen molar-refractivity contribution >= 4 is 5.91 Å². The second-order valence-electron chi connectivity index (χ2n) is 5.97. The van der Waals surface area contributed by atoms with Crippen LogP contribution in [0.4, 0.5) is 0 Å². The van der Waals surface area contributed by atoms with E-state index in [1.807, 2.05) is 36.2 Å². The fraction of sp³-hybridized carbons (Fsp3) is 0.529. The van der Waals surface area contributed by atoms with Gasteiger partial charge in [0.2, 0.25) is 5.91 Å². The molecule has 0 aliphatic heterocycles. The summed E-state index contributed by atoms with van der Waals surface area (Å²) in [5.41, 5.74) is 0.443. The van der Waals surface area contributed by atoms with Gasteiger partial charge < -0.3 is 10.1 Å². The predicted octanol–water partition coefficient (Wildman–Crippen LogP) is 2.08. The molecule has 1 amide bonds. The van der Waals surface area contributed by atoms with E-state index in [-0.39, 0.29) is 12.5 Å². The zero-order valence-corrected chi connectivity index (χ0v) is 13.3. The summed E-state index contributed by atoms with van der Waals surface area (Å²) in [5, 5.41) is 12.2. The third kappa shape index (κ3) is 4.22. The number of benzene rings is 1. The van der Waals surface area contributed by atoms with Crippen molar-refractivity contribution in [1.29, 1.82) is 5.26 Å². The maximum atomic E-state index is 12.2. The lowest BCUT2D eigenvalue weighted by molar-refractivity contribution is -0.123. The highest BCUT2D eigenvalue weighted by molar-refractivity contribution is 5.79. The molecule has 1 aliphatic carbocycles. The normalized spacial score (nSPS) is 16.3. The molecule has 22 heavy (non-hydrogen) atoms. The summed E-state index contributed by atoms with van der Waals surface area (Å²) in [7, 11) is 3.53. The average Bonchev–Trinajstić information content (AvgIpc) is 2.96. The standard InChI is InChI=1S/C17H23N3O2/c1-20(11-14-6-5-7-15(10-14)22-2)12-16(21)19-17(13-18)8-3-4-9-17/h5-7,10H,3-4,8-9,11-12H2,1-2H3,(H,19,21). The lowest BCUT2D eigenvalue weighted by Gasteiger charge is -2.24. The first-order valence-electron chi connectivity index (χ1n) is 7.61. The van der Waals surface area contributed by atoms with E-state index in [0.29, 0.717) is 6.54 Å². The second kappa shape index (κ2) is 7.28. The Bertz CT molecular complexity index is 559. The molecule has 1 aliphatic rings. The molecule has 118 valence electrons. The Kier molecular flexibility index (Phi) is 5.40. The van der Waals surface area contributed by atoms with Crippen molar-refractivity contribution in [2.75, 3.05) is 20.7 Å². The lowest BCUT2D eigenvalue weighted by atomic mass is 10.00. The van der Waals surface area contributed by atoms with Gasteiger partial charge in [-0.15, -0.1) is 0 Å². The summed E-state index contributed by atoms with van der Waals surface area (Å²) >= 11 is 0. The molecule has 5 heteroatoms. The maximum absolute atomic E-state index is 12.2. The number of rotatable bonds is 6. The van der Waals surface area contributed by atoms with E-state index in [1.54, 1.807) is 7.11 Å². The fourth-order valence-electron chi connectivity index (χ4n) is 2.93. The highest BCUT2D eigenvalue weighted by atomic mass is 16.5. The van der Waals surface area contributed by atoms with E-state index in [9.17, 15) is 10.1 Å². The summed E-state index contributed by atoms with van der Waals surface area (Å²) in [4.78, 5) is 14.1. The molecule has 1 aromatic carbocycles. The molecular formula is C17H23N3O2. The summed E-state index contributed by atoms with van der Waals surface area (Å²) in [6.07, 6.45) is 3.53. The number of carbonyl (C=O) groups is 1. The summed E-state index contributed by atoms with van der Waals surface area (Å²) < 4.78 is 5.20. The Morgan fingerprint density at radius 3 is 2.82 bits per heavy atom. The highest BCUT2D eigenvalue weighted by Crippen LogP contribution is 2.28. The van der Waals surface area contributed by atoms with E-state index in [0.717, 1.165) is 37.0 Å². The number of nitriles is 1. The first-order valence-corrected chi connectivity index (χ1v) is 7.61. The van der Waals surface area contributed by atoms with Crippen LogP contribution in [0.1, 0.15) is 31.2 Å². The minimum atomic E-state index is -0.645. The molecule has 0 bridgehead atoms. The highest BCUT2D eigenvalue weighted by Gasteiger charge is 2.35. The predicted molar refractivity (Wildman–Crippen MR) is 84.3 cm³/mol. The third-order valence-corrected chi connectivity index (χ3v) is 4.05. The molecule has 0 saturated heterocycles. The van der Waals surface area contributed by atoms with Crippen LogP contribution in [0.3, 0.4) is 0 Å². The SMILES string of the molecule is COc1cccc(CN(C)CC(=O)NC2(C#N)CCCC2)c1. The average molecular weight is 301 g/mol. The number of hydrogen-bond acceptors (Lipinski definition) is 4. The number of methoxy groups -OCH3 is 1. The van der Waals surface area contributed by atoms with Crippen molar-refractivity contribution in [2.24, 2.45) is 0 Å². The Morgan fingerprint density at radius 1 is 1.45 bits per heavy atom. The zero-order chi connectivity index (χ0) is 16.0. The van der Waals surface area contributed by atoms with Crippen molar-refractivity contribution in [3.05, 3.63) is 29.8 Å². The molecule has 0 atom stereocenters. The van der Waals surface area contributed by atoms with Gasteiger partial charge in [0.05, 0.1) is 19.7 Å². The molecule has 1 saturated carbocycles. The molecule has 1 N–H and O–H groups in total. The van der Waals surface area contributed by atoms with Crippen molar-refractivity contribution in [2.45, 2.75) is 37.8 Å². The molecule has 0 spiro atoms. The van der Waals surface area contributed by atoms with Crippen molar-refractivity contribution < 1.29 is 9.53 Å². The van der Waals surface area contributed by atoms with Gasteiger partial charge in [0, 0.05) is 6.54 Å². The molecule has 0 radical (unpaired) electrons. The topological polar surface area (TPSA) is 65.4 Å². The second-order valence-corrected chi connectivity index (χ2v) is 5.97. The number of likely N-dealkylation sites (N-methyl/N-ethyl adjacent to an activating group) is 1. The largest absolute Gasteiger partial charge is 0.497 e. The number of amides is 1. The van der Waals surface area contributed by atoms with Gasteiger partial charge in [-0.1, -0.05) is 12.1 Å². The first kappa shape index (κ1) is 16.3. The zero-order valence-electron chi connectivity index (χ0n) is 13.3. The van der Waals surface area contributed by atoms with Gasteiger partial charge in [-0.25, -0.2) is 0 Å². The summed E-state index contributed by atoms with van der Waals surface area (Å²) in [5.74, 6) is 0.721. The maximum Gasteiger partial charge on any atom is 0.235 e. The smallest absolute Gasteiger partial charge is 0.235 e. The molecule has 1 aromatic rings. The van der Waals surface area contributed by atoms with Crippen molar-refractivity contribution in [3.63, 3.8) is 0 Å². The minimum Gasteiger partial charge on any atom is -0.497 e. The summed E-state index contributed by atoms with van der Waals surface area (Å²) in [6.45, 7) is 0.935. The van der Waals surface area contributed by atoms with Crippen LogP contribution >= 0.6 is 0 Å². The molecular weight excluding hydrogens is 278 g/mol. The van der Waals surface area contributed by atoms with Crippen LogP contribution in [0, 0.1) is 11.3 Å². The minimum absolute atomic E-state index is 0.0890. The van der Waals surface area contributed by atoms with E-state index in [4.69, 9.17) is 4.74 Å². The fourth-order valence-corrected chi connectivity index (χ4v) is 2.93. The first-order chi connectivity index (χ1) is 10.6. The van der Waals surface area contributed by atoms with Gasteiger partial charge in [0.1, 0.15) is 11.3 Å². The Balaban J connectivity index is 1.87. The molecule has 0 heterocycles. The van der Waals surface area contributed by atoms with Gasteiger partial charge >= 0.3 is 0 Å². The van der Waals surface area contributed by atoms with E-state index in [2.05, 4.69) is 11.4 Å². The van der Waals surface area contributed by atoms with Crippen LogP contribution in [0.5, 0.6) is 5.75 Å². The third-order valence-electron chi connectivity index (χ3n) is 4.05. The molecule has 5 nitrogen and oxygen atoms in total. The van der Waals surface area contributed by atoms with Gasteiger partial charge in [0.15, 0.2) is 0 Å². The lowest BCUT2D eigenvalue weighted by Crippen LogP contribution is -2.48. The Morgan fingerprint density at radius 2 is 2.18 bits per heavy atom. The van der Waals surface area contributed by atoms with Crippen molar-refractivity contribution in [3.8, 4) is 11.8 Å². The van der Waals surface area contributed by atoms with E-state index >= 15 is 0 Å². The van der Waals surface area contributed by atoms with Crippen LogP contribution in [0.25, 0.3) is 0 Å². The number of nitrogens with zero attached hydrogens (tertiary/aromatic N) is 2. The van der Waals surface area contributed by atoms with Gasteiger partial charge in [-0.3, -0.25) is 9.69 Å². The number of ether oxygens (including phenoxy) is 1. The summed E-state index contributed by atoms with van der Waals surface area (Å²) in [6, 6.07) is 10.1. The number of hydrogen-bond donors (Lipinski definition) is 1. The number of carbonyl (C=O) groups excluding carboxylic acids is 1. The Labute approximate surface area is 131 Å². The van der Waals surface area contributed by atoms with Crippen LogP contribution in [-0.2, 0) is 11.3 Å². The quantitative estimate of drug-likeness (QED) is 0.873.